The minimum Gasteiger partial charge on any atom is -0.298 e. The van der Waals surface area contributed by atoms with Crippen LogP contribution >= 0.6 is 11.3 Å². The second-order valence-corrected chi connectivity index (χ2v) is 10.2. The number of benzene rings is 1. The fraction of sp³-hybridized carbons (Fsp3) is 0.0476. The number of rotatable bonds is 4. The maximum Gasteiger partial charge on any atom is 0.184 e. The molecular weight excluding hydrogens is 423 g/mol. The smallest absolute Gasteiger partial charge is 0.184 e. The predicted molar refractivity (Wildman–Crippen MR) is 115 cm³/mol. The summed E-state index contributed by atoms with van der Waals surface area (Å²) < 4.78 is 39.2. The molecule has 6 nitrogen and oxygen atoms in total. The first-order valence-corrected chi connectivity index (χ1v) is 11.7. The highest BCUT2D eigenvalue weighted by Gasteiger charge is 2.16. The number of aromatic amines is 1. The van der Waals surface area contributed by atoms with E-state index in [2.05, 4.69) is 15.2 Å². The second-order valence-electron chi connectivity index (χ2n) is 6.85. The summed E-state index contributed by atoms with van der Waals surface area (Å²) in [6.07, 6.45) is 6.59. The van der Waals surface area contributed by atoms with Gasteiger partial charge in [0.1, 0.15) is 15.7 Å². The molecular formula is C21H15FN4O2S2. The highest BCUT2D eigenvalue weighted by Crippen LogP contribution is 2.34. The molecule has 4 aromatic heterocycles. The van der Waals surface area contributed by atoms with Crippen molar-refractivity contribution in [3.8, 4) is 33.0 Å². The van der Waals surface area contributed by atoms with Crippen molar-refractivity contribution in [2.24, 2.45) is 0 Å². The number of hydrogen-bond acceptors (Lipinski definition) is 5. The number of halogens is 1. The molecule has 4 heterocycles. The van der Waals surface area contributed by atoms with Crippen molar-refractivity contribution in [1.82, 2.24) is 19.6 Å². The first-order chi connectivity index (χ1) is 14.4. The van der Waals surface area contributed by atoms with Gasteiger partial charge in [-0.25, -0.2) is 17.8 Å². The van der Waals surface area contributed by atoms with Crippen LogP contribution in [0.15, 0.2) is 71.3 Å². The number of hydrogen-bond donors (Lipinski definition) is 1. The quantitative estimate of drug-likeness (QED) is 0.442. The second kappa shape index (κ2) is 6.89. The molecule has 0 unspecified atom stereocenters. The molecule has 0 atom stereocenters. The first kappa shape index (κ1) is 18.7. The summed E-state index contributed by atoms with van der Waals surface area (Å²) in [7, 11) is -3.26. The van der Waals surface area contributed by atoms with Crippen LogP contribution in [0.1, 0.15) is 0 Å². The molecule has 0 aliphatic heterocycles. The number of pyridine rings is 1. The molecule has 1 N–H and O–H groups in total. The Kier molecular flexibility index (Phi) is 4.30. The third-order valence-corrected chi connectivity index (χ3v) is 7.72. The van der Waals surface area contributed by atoms with E-state index in [1.807, 2.05) is 22.7 Å². The maximum absolute atomic E-state index is 13.3. The number of aromatic nitrogens is 4. The molecule has 5 aromatic rings. The minimum atomic E-state index is -3.26. The van der Waals surface area contributed by atoms with E-state index < -0.39 is 9.84 Å². The largest absolute Gasteiger partial charge is 0.298 e. The third kappa shape index (κ3) is 3.21. The van der Waals surface area contributed by atoms with Gasteiger partial charge in [0.25, 0.3) is 0 Å². The zero-order valence-corrected chi connectivity index (χ0v) is 17.3. The van der Waals surface area contributed by atoms with E-state index in [1.54, 1.807) is 36.7 Å². The van der Waals surface area contributed by atoms with E-state index in [4.69, 9.17) is 0 Å². The number of thiophene rings is 1. The lowest BCUT2D eigenvalue weighted by molar-refractivity contribution is 0.604. The zero-order valence-electron chi connectivity index (χ0n) is 15.7. The third-order valence-electron chi connectivity index (χ3n) is 4.79. The van der Waals surface area contributed by atoms with Crippen LogP contribution in [-0.2, 0) is 9.84 Å². The van der Waals surface area contributed by atoms with E-state index in [-0.39, 0.29) is 5.82 Å². The Morgan fingerprint density at radius 2 is 1.77 bits per heavy atom. The van der Waals surface area contributed by atoms with Crippen LogP contribution < -0.4 is 0 Å². The fourth-order valence-corrected chi connectivity index (χ4v) is 5.26. The topological polar surface area (TPSA) is 80.1 Å². The highest BCUT2D eigenvalue weighted by molar-refractivity contribution is 7.92. The van der Waals surface area contributed by atoms with Crippen molar-refractivity contribution in [2.45, 2.75) is 4.21 Å². The predicted octanol–water partition coefficient (Wildman–Crippen LogP) is 4.66. The number of nitrogens with one attached hydrogen (secondary N) is 1. The molecule has 0 aliphatic rings. The Balaban J connectivity index is 1.62. The molecule has 0 amide bonds. The molecule has 5 rings (SSSR count). The van der Waals surface area contributed by atoms with Gasteiger partial charge in [-0.1, -0.05) is 0 Å². The van der Waals surface area contributed by atoms with Gasteiger partial charge in [0.15, 0.2) is 9.84 Å². The SMILES string of the molecule is CS(=O)(=O)c1ccc(-c2cnc3ccc(-c4cn[nH]c4-c4ccc(F)cc4)cn23)s1. The number of sulfone groups is 1. The summed E-state index contributed by atoms with van der Waals surface area (Å²) in [5, 5.41) is 7.15. The molecule has 30 heavy (non-hydrogen) atoms. The average Bonchev–Trinajstić information content (AvgIpc) is 3.46. The molecule has 0 saturated carbocycles. The van der Waals surface area contributed by atoms with Crippen LogP contribution in [0.2, 0.25) is 0 Å². The molecule has 0 bridgehead atoms. The summed E-state index contributed by atoms with van der Waals surface area (Å²) in [5.74, 6) is -0.297. The highest BCUT2D eigenvalue weighted by atomic mass is 32.2. The Bertz CT molecular complexity index is 1480. The summed E-state index contributed by atoms with van der Waals surface area (Å²) in [6.45, 7) is 0. The summed E-state index contributed by atoms with van der Waals surface area (Å²) in [5.41, 5.74) is 4.92. The average molecular weight is 439 g/mol. The Morgan fingerprint density at radius 1 is 1.00 bits per heavy atom. The molecule has 0 saturated heterocycles. The van der Waals surface area contributed by atoms with Crippen LogP contribution in [0.3, 0.4) is 0 Å². The van der Waals surface area contributed by atoms with Crippen molar-refractivity contribution in [3.05, 3.63) is 72.9 Å². The molecule has 0 radical (unpaired) electrons. The van der Waals surface area contributed by atoms with Crippen LogP contribution in [0.25, 0.3) is 38.6 Å². The zero-order chi connectivity index (χ0) is 20.9. The Hall–Kier alpha value is -3.30. The number of fused-ring (bicyclic) bond motifs is 1. The number of imidazole rings is 1. The summed E-state index contributed by atoms with van der Waals surface area (Å²) >= 11 is 1.21. The van der Waals surface area contributed by atoms with Crippen LogP contribution in [0, 0.1) is 5.82 Å². The number of nitrogens with zero attached hydrogens (tertiary/aromatic N) is 3. The van der Waals surface area contributed by atoms with Crippen molar-refractivity contribution in [3.63, 3.8) is 0 Å². The lowest BCUT2D eigenvalue weighted by Gasteiger charge is -2.06. The van der Waals surface area contributed by atoms with Gasteiger partial charge >= 0.3 is 0 Å². The van der Waals surface area contributed by atoms with Gasteiger partial charge in [0.2, 0.25) is 0 Å². The van der Waals surface area contributed by atoms with Gasteiger partial charge < -0.3 is 0 Å². The van der Waals surface area contributed by atoms with Gasteiger partial charge in [0.05, 0.1) is 28.7 Å². The summed E-state index contributed by atoms with van der Waals surface area (Å²) in [4.78, 5) is 5.25. The van der Waals surface area contributed by atoms with Gasteiger partial charge in [-0.2, -0.15) is 5.10 Å². The van der Waals surface area contributed by atoms with Crippen molar-refractivity contribution >= 4 is 26.8 Å². The van der Waals surface area contributed by atoms with E-state index >= 15 is 0 Å². The van der Waals surface area contributed by atoms with E-state index in [0.29, 0.717) is 4.21 Å². The van der Waals surface area contributed by atoms with Crippen molar-refractivity contribution in [1.29, 1.82) is 0 Å². The standard InChI is InChI=1S/C21H15FN4O2S2/c1-30(27,28)20-9-7-18(29-20)17-11-23-19-8-4-14(12-26(17)19)16-10-24-25-21(16)13-2-5-15(22)6-3-13/h2-12H,1H3,(H,24,25). The molecule has 0 spiro atoms. The van der Waals surface area contributed by atoms with Gasteiger partial charge in [-0.15, -0.1) is 11.3 Å². The number of H-pyrrole nitrogens is 1. The molecule has 0 aliphatic carbocycles. The van der Waals surface area contributed by atoms with Crippen LogP contribution in [-0.4, -0.2) is 34.3 Å². The van der Waals surface area contributed by atoms with Crippen molar-refractivity contribution in [2.75, 3.05) is 6.26 Å². The summed E-state index contributed by atoms with van der Waals surface area (Å²) in [6, 6.07) is 13.5. The van der Waals surface area contributed by atoms with Crippen LogP contribution in [0.5, 0.6) is 0 Å². The normalized spacial score (nSPS) is 11.9. The molecule has 1 aromatic carbocycles. The van der Waals surface area contributed by atoms with Crippen molar-refractivity contribution < 1.29 is 12.8 Å². The molecule has 150 valence electrons. The first-order valence-electron chi connectivity index (χ1n) is 8.97. The molecule has 9 heteroatoms. The minimum absolute atomic E-state index is 0.297. The lowest BCUT2D eigenvalue weighted by Crippen LogP contribution is -1.92. The van der Waals surface area contributed by atoms with E-state index in [9.17, 15) is 12.8 Å². The fourth-order valence-electron chi connectivity index (χ4n) is 3.32. The maximum atomic E-state index is 13.3. The van der Waals surface area contributed by atoms with Crippen LogP contribution in [0.4, 0.5) is 4.39 Å². The van der Waals surface area contributed by atoms with E-state index in [0.717, 1.165) is 38.6 Å². The van der Waals surface area contributed by atoms with Gasteiger partial charge in [-0.05, 0) is 48.5 Å². The van der Waals surface area contributed by atoms with Gasteiger partial charge in [-0.3, -0.25) is 9.50 Å². The Morgan fingerprint density at radius 3 is 2.50 bits per heavy atom. The van der Waals surface area contributed by atoms with E-state index in [1.165, 1.54) is 29.7 Å². The van der Waals surface area contributed by atoms with Gasteiger partial charge in [0, 0.05) is 29.1 Å². The molecule has 0 fully saturated rings. The monoisotopic (exact) mass is 438 g/mol. The Labute approximate surface area is 175 Å². The lowest BCUT2D eigenvalue weighted by atomic mass is 10.0.